The molecule has 0 unspecified atom stereocenters. The van der Waals surface area contributed by atoms with E-state index in [-0.39, 0.29) is 47.9 Å². The second kappa shape index (κ2) is 12.6. The monoisotopic (exact) mass is 598 g/mol. The number of amides is 2. The first-order valence-electron chi connectivity index (χ1n) is 13.5. The van der Waals surface area contributed by atoms with Gasteiger partial charge in [-0.15, -0.1) is 0 Å². The largest absolute Gasteiger partial charge is 0.472 e. The van der Waals surface area contributed by atoms with Crippen molar-refractivity contribution in [3.63, 3.8) is 0 Å². The Balaban J connectivity index is 1.72. The molecule has 0 fully saturated rings. The van der Waals surface area contributed by atoms with Gasteiger partial charge in [-0.2, -0.15) is 4.31 Å². The van der Waals surface area contributed by atoms with Crippen molar-refractivity contribution in [2.45, 2.75) is 30.9 Å². The number of ether oxygens (including phenoxy) is 1. The van der Waals surface area contributed by atoms with E-state index < -0.39 is 33.9 Å². The van der Waals surface area contributed by atoms with Gasteiger partial charge in [0.05, 0.1) is 24.1 Å². The highest BCUT2D eigenvalue weighted by atomic mass is 32.2. The zero-order valence-electron chi connectivity index (χ0n) is 24.2. The van der Waals surface area contributed by atoms with Crippen LogP contribution in [0.25, 0.3) is 11.1 Å². The Morgan fingerprint density at radius 1 is 1.14 bits per heavy atom. The molecule has 12 heteroatoms. The van der Waals surface area contributed by atoms with Crippen molar-refractivity contribution in [3.05, 3.63) is 77.7 Å². The summed E-state index contributed by atoms with van der Waals surface area (Å²) in [6, 6.07) is 12.8. The molecule has 4 rings (SSSR count). The minimum absolute atomic E-state index is 0.0208. The molecule has 0 saturated heterocycles. The molecule has 1 N–H and O–H groups in total. The Hall–Kier alpha value is -3.87. The lowest BCUT2D eigenvalue weighted by atomic mass is 9.99. The highest BCUT2D eigenvalue weighted by molar-refractivity contribution is 7.89. The Kier molecular flexibility index (Phi) is 9.29. The number of carbonyl (C=O) groups is 2. The van der Waals surface area contributed by atoms with Crippen molar-refractivity contribution < 1.29 is 32.2 Å². The molecule has 3 aromatic rings. The van der Waals surface area contributed by atoms with Crippen molar-refractivity contribution in [1.82, 2.24) is 19.1 Å². The van der Waals surface area contributed by atoms with E-state index in [4.69, 9.17) is 4.74 Å². The fourth-order valence-electron chi connectivity index (χ4n) is 4.73. The summed E-state index contributed by atoms with van der Waals surface area (Å²) < 4.78 is 47.5. The number of sulfonamides is 1. The summed E-state index contributed by atoms with van der Waals surface area (Å²) in [5.74, 6) is -1.58. The summed E-state index contributed by atoms with van der Waals surface area (Å²) in [5, 5.41) is 9.93. The third-order valence-corrected chi connectivity index (χ3v) is 9.13. The molecule has 42 heavy (non-hydrogen) atoms. The van der Waals surface area contributed by atoms with E-state index in [9.17, 15) is 27.5 Å². The van der Waals surface area contributed by atoms with E-state index in [0.717, 1.165) is 10.4 Å². The molecule has 0 aliphatic carbocycles. The van der Waals surface area contributed by atoms with E-state index in [1.807, 2.05) is 6.92 Å². The summed E-state index contributed by atoms with van der Waals surface area (Å²) >= 11 is 0. The van der Waals surface area contributed by atoms with Crippen LogP contribution in [0.2, 0.25) is 0 Å². The normalized spacial score (nSPS) is 18.1. The van der Waals surface area contributed by atoms with Crippen LogP contribution in [0.15, 0.2) is 65.7 Å². The summed E-state index contributed by atoms with van der Waals surface area (Å²) in [6.45, 7) is 3.33. The van der Waals surface area contributed by atoms with Crippen molar-refractivity contribution in [1.29, 1.82) is 0 Å². The molecule has 2 amide bonds. The van der Waals surface area contributed by atoms with Crippen LogP contribution in [-0.2, 0) is 10.0 Å². The number of likely N-dealkylation sites (N-methyl/N-ethyl adjacent to an activating group) is 1. The average molecular weight is 599 g/mol. The third-order valence-electron chi connectivity index (χ3n) is 7.31. The summed E-state index contributed by atoms with van der Waals surface area (Å²) in [7, 11) is 0.656. The molecule has 3 atom stereocenters. The van der Waals surface area contributed by atoms with E-state index in [1.165, 1.54) is 41.2 Å². The number of hydrogen-bond donors (Lipinski definition) is 1. The first-order chi connectivity index (χ1) is 19.8. The molecule has 1 aliphatic heterocycles. The number of pyridine rings is 1. The molecule has 224 valence electrons. The van der Waals surface area contributed by atoms with Gasteiger partial charge in [0.25, 0.3) is 11.8 Å². The molecule has 2 aromatic carbocycles. The van der Waals surface area contributed by atoms with Gasteiger partial charge >= 0.3 is 0 Å². The number of fused-ring (bicyclic) bond motifs is 1. The van der Waals surface area contributed by atoms with Gasteiger partial charge in [-0.3, -0.25) is 9.59 Å². The molecule has 1 aromatic heterocycles. The molecule has 0 radical (unpaired) electrons. The standard InChI is InChI=1S/C30H35FN4O6S/c1-19-16-35(20(2)18-36)30(38)26-13-23(21-8-6-9-22(12-21)29(37)33(3)4)15-32-28(26)41-27(19)17-34(5)42(39,40)25-11-7-10-24(31)14-25/h6-15,19-20,27,36H,16-18H2,1-5H3/t19-,20-,27-/m0/s1. The zero-order valence-corrected chi connectivity index (χ0v) is 25.0. The van der Waals surface area contributed by atoms with Crippen molar-refractivity contribution in [2.24, 2.45) is 5.92 Å². The second-order valence-corrected chi connectivity index (χ2v) is 12.8. The van der Waals surface area contributed by atoms with E-state index in [2.05, 4.69) is 4.98 Å². The lowest BCUT2D eigenvalue weighted by Gasteiger charge is -2.37. The smallest absolute Gasteiger partial charge is 0.259 e. The predicted molar refractivity (Wildman–Crippen MR) is 155 cm³/mol. The van der Waals surface area contributed by atoms with Gasteiger partial charge in [-0.25, -0.2) is 17.8 Å². The van der Waals surface area contributed by atoms with Crippen LogP contribution >= 0.6 is 0 Å². The minimum atomic E-state index is -4.05. The second-order valence-electron chi connectivity index (χ2n) is 10.7. The Labute approximate surface area is 245 Å². The fourth-order valence-corrected chi connectivity index (χ4v) is 5.94. The number of nitrogens with zero attached hydrogens (tertiary/aromatic N) is 4. The van der Waals surface area contributed by atoms with Crippen LogP contribution in [0.1, 0.15) is 34.6 Å². The van der Waals surface area contributed by atoms with E-state index in [0.29, 0.717) is 16.7 Å². The van der Waals surface area contributed by atoms with Crippen LogP contribution in [0.5, 0.6) is 5.88 Å². The van der Waals surface area contributed by atoms with Crippen molar-refractivity contribution in [2.75, 3.05) is 40.8 Å². The number of aliphatic hydroxyl groups is 1. The number of rotatable bonds is 8. The van der Waals surface area contributed by atoms with Crippen LogP contribution in [0.4, 0.5) is 4.39 Å². The van der Waals surface area contributed by atoms with Gasteiger partial charge in [-0.05, 0) is 48.9 Å². The number of aliphatic hydroxyl groups excluding tert-OH is 1. The van der Waals surface area contributed by atoms with Gasteiger partial charge in [0, 0.05) is 50.9 Å². The number of hydrogen-bond acceptors (Lipinski definition) is 7. The van der Waals surface area contributed by atoms with Gasteiger partial charge < -0.3 is 19.6 Å². The number of benzene rings is 2. The van der Waals surface area contributed by atoms with Crippen LogP contribution in [0, 0.1) is 11.7 Å². The molecule has 10 nitrogen and oxygen atoms in total. The Bertz CT molecular complexity index is 1580. The van der Waals surface area contributed by atoms with Crippen LogP contribution in [0.3, 0.4) is 0 Å². The molecule has 0 saturated carbocycles. The lowest BCUT2D eigenvalue weighted by Crippen LogP contribution is -2.50. The lowest BCUT2D eigenvalue weighted by molar-refractivity contribution is 0.0373. The maximum Gasteiger partial charge on any atom is 0.259 e. The van der Waals surface area contributed by atoms with Crippen LogP contribution < -0.4 is 4.74 Å². The van der Waals surface area contributed by atoms with Gasteiger partial charge in [0.2, 0.25) is 15.9 Å². The van der Waals surface area contributed by atoms with Crippen molar-refractivity contribution in [3.8, 4) is 17.0 Å². The summed E-state index contributed by atoms with van der Waals surface area (Å²) in [6.07, 6.45) is 0.791. The number of carbonyl (C=O) groups excluding carboxylic acids is 2. The highest BCUT2D eigenvalue weighted by Crippen LogP contribution is 2.31. The third kappa shape index (κ3) is 6.45. The fraction of sp³-hybridized carbons (Fsp3) is 0.367. The maximum atomic E-state index is 13.8. The molecular formula is C30H35FN4O6S. The topological polar surface area (TPSA) is 120 Å². The number of halogens is 1. The van der Waals surface area contributed by atoms with Crippen molar-refractivity contribution >= 4 is 21.8 Å². The predicted octanol–water partition coefficient (Wildman–Crippen LogP) is 3.13. The first kappa shape index (κ1) is 31.1. The molecule has 1 aliphatic rings. The first-order valence-corrected chi connectivity index (χ1v) is 14.9. The molecule has 2 heterocycles. The average Bonchev–Trinajstić information content (AvgIpc) is 2.97. The Morgan fingerprint density at radius 3 is 2.52 bits per heavy atom. The molecule has 0 bridgehead atoms. The van der Waals surface area contributed by atoms with E-state index in [1.54, 1.807) is 51.4 Å². The van der Waals surface area contributed by atoms with Gasteiger partial charge in [0.1, 0.15) is 17.5 Å². The zero-order chi connectivity index (χ0) is 30.8. The summed E-state index contributed by atoms with van der Waals surface area (Å²) in [4.78, 5) is 33.6. The minimum Gasteiger partial charge on any atom is -0.472 e. The van der Waals surface area contributed by atoms with Gasteiger partial charge in [-0.1, -0.05) is 25.1 Å². The summed E-state index contributed by atoms with van der Waals surface area (Å²) in [5.41, 5.74) is 1.86. The molecular weight excluding hydrogens is 563 g/mol. The highest BCUT2D eigenvalue weighted by Gasteiger charge is 2.36. The maximum absolute atomic E-state index is 13.8. The molecule has 0 spiro atoms. The SMILES string of the molecule is C[C@H]1CN([C@@H](C)CO)C(=O)c2cc(-c3cccc(C(=O)N(C)C)c3)cnc2O[C@H]1CN(C)S(=O)(=O)c1cccc(F)c1. The van der Waals surface area contributed by atoms with E-state index >= 15 is 0 Å². The van der Waals surface area contributed by atoms with Gasteiger partial charge in [0.15, 0.2) is 0 Å². The number of aromatic nitrogens is 1. The Morgan fingerprint density at radius 2 is 1.86 bits per heavy atom. The van der Waals surface area contributed by atoms with Crippen LogP contribution in [-0.4, -0.2) is 97.4 Å². The quantitative estimate of drug-likeness (QED) is 0.423.